The third-order valence-corrected chi connectivity index (χ3v) is 3.30. The van der Waals surface area contributed by atoms with E-state index in [0.717, 1.165) is 19.4 Å². The summed E-state index contributed by atoms with van der Waals surface area (Å²) in [5, 5.41) is 2.93. The first-order valence-corrected chi connectivity index (χ1v) is 6.56. The lowest BCUT2D eigenvalue weighted by atomic mass is 10.2. The van der Waals surface area contributed by atoms with Crippen molar-refractivity contribution in [1.82, 2.24) is 10.3 Å². The summed E-state index contributed by atoms with van der Waals surface area (Å²) in [6.45, 7) is 1.32. The Bertz CT molecular complexity index is 605. The van der Waals surface area contributed by atoms with Crippen LogP contribution in [0.3, 0.4) is 0 Å². The normalized spacial score (nSPS) is 18.9. The second-order valence-electron chi connectivity index (χ2n) is 4.49. The molecule has 0 spiro atoms. The summed E-state index contributed by atoms with van der Waals surface area (Å²) in [5.74, 6) is -0.142. The summed E-state index contributed by atoms with van der Waals surface area (Å²) in [4.78, 5) is 16.0. The first-order chi connectivity index (χ1) is 9.22. The zero-order chi connectivity index (χ0) is 13.2. The van der Waals surface area contributed by atoms with Crippen LogP contribution in [0.1, 0.15) is 23.2 Å². The molecule has 19 heavy (non-hydrogen) atoms. The van der Waals surface area contributed by atoms with Crippen LogP contribution in [0.15, 0.2) is 22.6 Å². The number of ether oxygens (including phenoxy) is 1. The van der Waals surface area contributed by atoms with Crippen LogP contribution in [0.5, 0.6) is 0 Å². The number of fused-ring (bicyclic) bond motifs is 1. The highest BCUT2D eigenvalue weighted by molar-refractivity contribution is 6.28. The maximum atomic E-state index is 12.0. The summed E-state index contributed by atoms with van der Waals surface area (Å²) in [7, 11) is 0. The minimum atomic E-state index is -0.142. The third-order valence-electron chi connectivity index (χ3n) is 3.14. The number of benzene rings is 1. The van der Waals surface area contributed by atoms with Gasteiger partial charge in [0.2, 0.25) is 0 Å². The lowest BCUT2D eigenvalue weighted by Crippen LogP contribution is -2.31. The fourth-order valence-electron chi connectivity index (χ4n) is 2.15. The van der Waals surface area contributed by atoms with Crippen molar-refractivity contribution >= 4 is 28.6 Å². The fraction of sp³-hybridized carbons (Fsp3) is 0.385. The van der Waals surface area contributed by atoms with E-state index < -0.39 is 0 Å². The average molecular weight is 281 g/mol. The van der Waals surface area contributed by atoms with Crippen molar-refractivity contribution in [2.75, 3.05) is 13.2 Å². The van der Waals surface area contributed by atoms with Crippen molar-refractivity contribution in [1.29, 1.82) is 0 Å². The van der Waals surface area contributed by atoms with E-state index in [-0.39, 0.29) is 17.4 Å². The number of nitrogens with zero attached hydrogens (tertiary/aromatic N) is 1. The first-order valence-electron chi connectivity index (χ1n) is 6.18. The van der Waals surface area contributed by atoms with E-state index in [2.05, 4.69) is 10.3 Å². The van der Waals surface area contributed by atoms with Crippen LogP contribution >= 0.6 is 11.6 Å². The van der Waals surface area contributed by atoms with E-state index in [1.807, 2.05) is 0 Å². The van der Waals surface area contributed by atoms with Crippen molar-refractivity contribution in [3.8, 4) is 0 Å². The number of hydrogen-bond donors (Lipinski definition) is 1. The lowest BCUT2D eigenvalue weighted by Gasteiger charge is -2.10. The summed E-state index contributed by atoms with van der Waals surface area (Å²) >= 11 is 5.67. The molecular formula is C13H13ClN2O3. The fourth-order valence-corrected chi connectivity index (χ4v) is 2.33. The average Bonchev–Trinajstić information content (AvgIpc) is 3.02. The SMILES string of the molecule is O=C(NC[C@H]1CCCO1)c1ccc2oc(Cl)nc2c1. The van der Waals surface area contributed by atoms with E-state index in [1.165, 1.54) is 0 Å². The summed E-state index contributed by atoms with van der Waals surface area (Å²) in [5.41, 5.74) is 1.69. The van der Waals surface area contributed by atoms with Crippen molar-refractivity contribution in [2.24, 2.45) is 0 Å². The van der Waals surface area contributed by atoms with Gasteiger partial charge < -0.3 is 14.5 Å². The van der Waals surface area contributed by atoms with Crippen molar-refractivity contribution < 1.29 is 13.9 Å². The van der Waals surface area contributed by atoms with Gasteiger partial charge in [-0.3, -0.25) is 4.79 Å². The Hall–Kier alpha value is -1.59. The topological polar surface area (TPSA) is 64.4 Å². The van der Waals surface area contributed by atoms with Gasteiger partial charge >= 0.3 is 0 Å². The number of carbonyl (C=O) groups is 1. The largest absolute Gasteiger partial charge is 0.428 e. The van der Waals surface area contributed by atoms with Crippen molar-refractivity contribution in [3.63, 3.8) is 0 Å². The predicted octanol–water partition coefficient (Wildman–Crippen LogP) is 2.39. The van der Waals surface area contributed by atoms with Gasteiger partial charge in [0.05, 0.1) is 6.10 Å². The molecule has 1 saturated heterocycles. The molecule has 100 valence electrons. The minimum Gasteiger partial charge on any atom is -0.428 e. The lowest BCUT2D eigenvalue weighted by molar-refractivity contribution is 0.0858. The molecule has 0 saturated carbocycles. The van der Waals surface area contributed by atoms with Crippen LogP contribution in [0.25, 0.3) is 11.1 Å². The van der Waals surface area contributed by atoms with Crippen LogP contribution in [-0.2, 0) is 4.74 Å². The van der Waals surface area contributed by atoms with Crippen LogP contribution in [0, 0.1) is 0 Å². The van der Waals surface area contributed by atoms with Gasteiger partial charge in [0, 0.05) is 18.7 Å². The van der Waals surface area contributed by atoms with Gasteiger partial charge in [-0.25, -0.2) is 0 Å². The maximum absolute atomic E-state index is 12.0. The molecule has 2 heterocycles. The number of oxazole rings is 1. The van der Waals surface area contributed by atoms with E-state index in [1.54, 1.807) is 18.2 Å². The summed E-state index contributed by atoms with van der Waals surface area (Å²) in [6, 6.07) is 5.04. The zero-order valence-corrected chi connectivity index (χ0v) is 10.9. The summed E-state index contributed by atoms with van der Waals surface area (Å²) < 4.78 is 10.6. The molecular weight excluding hydrogens is 268 g/mol. The standard InChI is InChI=1S/C13H13ClN2O3/c14-13-16-10-6-8(3-4-11(10)19-13)12(17)15-7-9-2-1-5-18-9/h3-4,6,9H,1-2,5,7H2,(H,15,17)/t9-/m1/s1. The molecule has 2 aromatic rings. The molecule has 3 rings (SSSR count). The number of halogens is 1. The molecule has 1 atom stereocenters. The molecule has 1 aromatic heterocycles. The molecule has 1 aliphatic rings. The number of amides is 1. The van der Waals surface area contributed by atoms with Gasteiger partial charge in [0.15, 0.2) is 5.58 Å². The Labute approximate surface area is 114 Å². The van der Waals surface area contributed by atoms with E-state index in [4.69, 9.17) is 20.8 Å². The van der Waals surface area contributed by atoms with Crippen LogP contribution in [0.4, 0.5) is 0 Å². The monoisotopic (exact) mass is 280 g/mol. The highest BCUT2D eigenvalue weighted by atomic mass is 35.5. The number of rotatable bonds is 3. The highest BCUT2D eigenvalue weighted by Crippen LogP contribution is 2.20. The van der Waals surface area contributed by atoms with Crippen LogP contribution in [0.2, 0.25) is 5.35 Å². The molecule has 1 amide bonds. The third kappa shape index (κ3) is 2.72. The van der Waals surface area contributed by atoms with E-state index in [9.17, 15) is 4.79 Å². The van der Waals surface area contributed by atoms with E-state index >= 15 is 0 Å². The van der Waals surface area contributed by atoms with Gasteiger partial charge in [-0.1, -0.05) is 0 Å². The maximum Gasteiger partial charge on any atom is 0.293 e. The predicted molar refractivity (Wildman–Crippen MR) is 70.3 cm³/mol. The van der Waals surface area contributed by atoms with Crippen molar-refractivity contribution in [3.05, 3.63) is 29.1 Å². The van der Waals surface area contributed by atoms with Crippen LogP contribution < -0.4 is 5.32 Å². The first kappa shape index (κ1) is 12.4. The van der Waals surface area contributed by atoms with Crippen molar-refractivity contribution in [2.45, 2.75) is 18.9 Å². The Morgan fingerprint density at radius 1 is 1.53 bits per heavy atom. The second kappa shape index (κ2) is 5.19. The smallest absolute Gasteiger partial charge is 0.293 e. The summed E-state index contributed by atoms with van der Waals surface area (Å²) in [6.07, 6.45) is 2.19. The molecule has 1 aliphatic heterocycles. The van der Waals surface area contributed by atoms with Gasteiger partial charge in [-0.15, -0.1) is 0 Å². The van der Waals surface area contributed by atoms with Gasteiger partial charge in [-0.05, 0) is 42.6 Å². The number of carbonyl (C=O) groups excluding carboxylic acids is 1. The molecule has 0 bridgehead atoms. The molecule has 0 radical (unpaired) electrons. The van der Waals surface area contributed by atoms with Crippen LogP contribution in [-0.4, -0.2) is 30.1 Å². The Morgan fingerprint density at radius 2 is 2.42 bits per heavy atom. The number of nitrogens with one attached hydrogen (secondary N) is 1. The second-order valence-corrected chi connectivity index (χ2v) is 4.82. The molecule has 1 N–H and O–H groups in total. The Kier molecular flexibility index (Phi) is 3.40. The highest BCUT2D eigenvalue weighted by Gasteiger charge is 2.17. The molecule has 6 heteroatoms. The van der Waals surface area contributed by atoms with E-state index in [0.29, 0.717) is 23.2 Å². The van der Waals surface area contributed by atoms with Gasteiger partial charge in [0.1, 0.15) is 5.52 Å². The molecule has 0 aliphatic carbocycles. The Morgan fingerprint density at radius 3 is 3.21 bits per heavy atom. The number of aromatic nitrogens is 1. The molecule has 1 fully saturated rings. The minimum absolute atomic E-state index is 0.0758. The molecule has 5 nitrogen and oxygen atoms in total. The molecule has 0 unspecified atom stereocenters. The quantitative estimate of drug-likeness (QED) is 0.937. The Balaban J connectivity index is 1.69. The van der Waals surface area contributed by atoms with Gasteiger partial charge in [-0.2, -0.15) is 4.98 Å². The zero-order valence-electron chi connectivity index (χ0n) is 10.2. The van der Waals surface area contributed by atoms with Gasteiger partial charge in [0.25, 0.3) is 11.3 Å². The number of hydrogen-bond acceptors (Lipinski definition) is 4. The molecule has 1 aromatic carbocycles.